The van der Waals surface area contributed by atoms with E-state index in [2.05, 4.69) is 19.9 Å². The van der Waals surface area contributed by atoms with Gasteiger partial charge in [0.2, 0.25) is 0 Å². The lowest BCUT2D eigenvalue weighted by molar-refractivity contribution is 0.0679. The molecule has 1 saturated heterocycles. The van der Waals surface area contributed by atoms with Gasteiger partial charge in [-0.1, -0.05) is 26.0 Å². The number of hydrogen-bond acceptors (Lipinski definition) is 2. The van der Waals surface area contributed by atoms with Crippen molar-refractivity contribution in [3.05, 3.63) is 29.8 Å². The maximum absolute atomic E-state index is 12.6. The molecule has 1 atom stereocenters. The number of benzene rings is 1. The Kier molecular flexibility index (Phi) is 4.70. The normalized spacial score (nSPS) is 19.9. The van der Waals surface area contributed by atoms with Crippen molar-refractivity contribution in [2.24, 2.45) is 5.92 Å². The highest BCUT2D eigenvalue weighted by molar-refractivity contribution is 7.99. The van der Waals surface area contributed by atoms with E-state index in [9.17, 15) is 4.79 Å². The molecule has 0 spiro atoms. The third-order valence-electron chi connectivity index (χ3n) is 3.36. The number of rotatable bonds is 3. The van der Waals surface area contributed by atoms with E-state index in [0.717, 1.165) is 35.7 Å². The van der Waals surface area contributed by atoms with Crippen molar-refractivity contribution in [1.82, 2.24) is 4.90 Å². The lowest BCUT2D eigenvalue weighted by Crippen LogP contribution is -2.39. The summed E-state index contributed by atoms with van der Waals surface area (Å²) in [5, 5.41) is 0. The maximum Gasteiger partial charge on any atom is 0.254 e. The second-order valence-corrected chi connectivity index (χ2v) is 6.23. The highest BCUT2D eigenvalue weighted by atomic mass is 32.2. The van der Waals surface area contributed by atoms with Gasteiger partial charge in [-0.05, 0) is 36.6 Å². The number of hydrogen-bond donors (Lipinski definition) is 0. The molecule has 1 aliphatic heterocycles. The van der Waals surface area contributed by atoms with E-state index >= 15 is 0 Å². The molecular weight excluding hydrogens is 242 g/mol. The third-order valence-corrected chi connectivity index (χ3v) is 4.32. The van der Waals surface area contributed by atoms with Crippen LogP contribution < -0.4 is 0 Å². The Morgan fingerprint density at radius 2 is 2.22 bits per heavy atom. The summed E-state index contributed by atoms with van der Waals surface area (Å²) < 4.78 is 0. The summed E-state index contributed by atoms with van der Waals surface area (Å²) in [6.45, 7) is 6.17. The zero-order chi connectivity index (χ0) is 13.0. The van der Waals surface area contributed by atoms with Crippen molar-refractivity contribution in [2.45, 2.75) is 31.6 Å². The lowest BCUT2D eigenvalue weighted by atomic mass is 9.99. The van der Waals surface area contributed by atoms with Crippen LogP contribution in [0.5, 0.6) is 0 Å². The van der Waals surface area contributed by atoms with Crippen molar-refractivity contribution in [2.75, 3.05) is 18.8 Å². The number of piperidine rings is 1. The fraction of sp³-hybridized carbons (Fsp3) is 0.533. The highest BCUT2D eigenvalue weighted by Gasteiger charge is 2.23. The molecular formula is C15H21NOS. The van der Waals surface area contributed by atoms with Gasteiger partial charge < -0.3 is 4.90 Å². The molecule has 3 heteroatoms. The second-order valence-electron chi connectivity index (χ2n) is 4.93. The number of amides is 1. The van der Waals surface area contributed by atoms with Crippen molar-refractivity contribution >= 4 is 17.7 Å². The Bertz CT molecular complexity index is 419. The first-order chi connectivity index (χ1) is 8.72. The number of nitrogens with zero attached hydrogens (tertiary/aromatic N) is 1. The first-order valence-electron chi connectivity index (χ1n) is 6.73. The van der Waals surface area contributed by atoms with Crippen LogP contribution in [-0.4, -0.2) is 29.6 Å². The predicted octanol–water partition coefficient (Wildman–Crippen LogP) is 3.67. The molecule has 0 saturated carbocycles. The Labute approximate surface area is 114 Å². The first-order valence-corrected chi connectivity index (χ1v) is 7.72. The minimum absolute atomic E-state index is 0.207. The van der Waals surface area contributed by atoms with Crippen molar-refractivity contribution in [3.63, 3.8) is 0 Å². The molecule has 0 bridgehead atoms. The van der Waals surface area contributed by atoms with Crippen LogP contribution in [0.2, 0.25) is 0 Å². The summed E-state index contributed by atoms with van der Waals surface area (Å²) in [4.78, 5) is 15.7. The van der Waals surface area contributed by atoms with Gasteiger partial charge in [0.05, 0.1) is 5.56 Å². The highest BCUT2D eigenvalue weighted by Crippen LogP contribution is 2.25. The van der Waals surface area contributed by atoms with Crippen LogP contribution in [0.15, 0.2) is 29.2 Å². The quantitative estimate of drug-likeness (QED) is 0.776. The van der Waals surface area contributed by atoms with Gasteiger partial charge in [0, 0.05) is 18.0 Å². The molecule has 0 N–H and O–H groups in total. The Morgan fingerprint density at radius 3 is 2.94 bits per heavy atom. The molecule has 1 fully saturated rings. The van der Waals surface area contributed by atoms with E-state index in [-0.39, 0.29) is 5.91 Å². The molecule has 1 aliphatic rings. The van der Waals surface area contributed by atoms with Crippen molar-refractivity contribution in [1.29, 1.82) is 0 Å². The van der Waals surface area contributed by atoms with Crippen LogP contribution in [-0.2, 0) is 0 Å². The Hall–Kier alpha value is -0.960. The first kappa shape index (κ1) is 13.5. The Balaban J connectivity index is 2.17. The number of carbonyl (C=O) groups excluding carboxylic acids is 1. The van der Waals surface area contributed by atoms with Crippen LogP contribution in [0.1, 0.15) is 37.0 Å². The summed E-state index contributed by atoms with van der Waals surface area (Å²) in [7, 11) is 0. The second kappa shape index (κ2) is 6.28. The largest absolute Gasteiger partial charge is 0.338 e. The molecule has 2 rings (SSSR count). The van der Waals surface area contributed by atoms with Gasteiger partial charge >= 0.3 is 0 Å². The van der Waals surface area contributed by atoms with E-state index in [1.807, 2.05) is 23.1 Å². The van der Waals surface area contributed by atoms with E-state index in [0.29, 0.717) is 5.92 Å². The molecule has 1 aromatic rings. The molecule has 1 amide bonds. The van der Waals surface area contributed by atoms with Crippen LogP contribution in [0.3, 0.4) is 0 Å². The van der Waals surface area contributed by atoms with Gasteiger partial charge in [0.25, 0.3) is 5.91 Å². The molecule has 18 heavy (non-hydrogen) atoms. The van der Waals surface area contributed by atoms with E-state index < -0.39 is 0 Å². The minimum atomic E-state index is 0.207. The van der Waals surface area contributed by atoms with Gasteiger partial charge in [-0.2, -0.15) is 0 Å². The third kappa shape index (κ3) is 3.08. The fourth-order valence-electron chi connectivity index (χ4n) is 2.47. The van der Waals surface area contributed by atoms with Gasteiger partial charge in [-0.25, -0.2) is 0 Å². The lowest BCUT2D eigenvalue weighted by Gasteiger charge is -2.31. The summed E-state index contributed by atoms with van der Waals surface area (Å²) in [6.07, 6.45) is 2.38. The van der Waals surface area contributed by atoms with Crippen LogP contribution in [0.25, 0.3) is 0 Å². The summed E-state index contributed by atoms with van der Waals surface area (Å²) >= 11 is 1.75. The number of thioether (sulfide) groups is 1. The van der Waals surface area contributed by atoms with Crippen LogP contribution >= 0.6 is 11.8 Å². The van der Waals surface area contributed by atoms with E-state index in [4.69, 9.17) is 0 Å². The SMILES string of the molecule is CCSc1ccccc1C(=O)N1CCC[C@@H](C)C1. The molecule has 0 unspecified atom stereocenters. The standard InChI is InChI=1S/C15H21NOS/c1-3-18-14-9-5-4-8-13(14)15(17)16-10-6-7-12(2)11-16/h4-5,8-9,12H,3,6-7,10-11H2,1-2H3/t12-/m1/s1. The molecule has 0 radical (unpaired) electrons. The average Bonchev–Trinajstić information content (AvgIpc) is 2.39. The van der Waals surface area contributed by atoms with Gasteiger partial charge in [-0.3, -0.25) is 4.79 Å². The number of likely N-dealkylation sites (tertiary alicyclic amines) is 1. The zero-order valence-electron chi connectivity index (χ0n) is 11.2. The van der Waals surface area contributed by atoms with Crippen LogP contribution in [0.4, 0.5) is 0 Å². The molecule has 1 heterocycles. The topological polar surface area (TPSA) is 20.3 Å². The van der Waals surface area contributed by atoms with E-state index in [1.165, 1.54) is 6.42 Å². The molecule has 0 aliphatic carbocycles. The predicted molar refractivity (Wildman–Crippen MR) is 77.1 cm³/mol. The number of carbonyl (C=O) groups is 1. The molecule has 0 aromatic heterocycles. The van der Waals surface area contributed by atoms with E-state index in [1.54, 1.807) is 11.8 Å². The molecule has 98 valence electrons. The smallest absolute Gasteiger partial charge is 0.254 e. The monoisotopic (exact) mass is 263 g/mol. The summed E-state index contributed by atoms with van der Waals surface area (Å²) in [5.41, 5.74) is 0.874. The maximum atomic E-state index is 12.6. The summed E-state index contributed by atoms with van der Waals surface area (Å²) in [6, 6.07) is 7.97. The molecule has 2 nitrogen and oxygen atoms in total. The van der Waals surface area contributed by atoms with Crippen LogP contribution in [0, 0.1) is 5.92 Å². The fourth-order valence-corrected chi connectivity index (χ4v) is 3.27. The van der Waals surface area contributed by atoms with Crippen molar-refractivity contribution < 1.29 is 4.79 Å². The molecule has 1 aromatic carbocycles. The average molecular weight is 263 g/mol. The summed E-state index contributed by atoms with van der Waals surface area (Å²) in [5.74, 6) is 1.84. The van der Waals surface area contributed by atoms with Crippen molar-refractivity contribution in [3.8, 4) is 0 Å². The minimum Gasteiger partial charge on any atom is -0.338 e. The van der Waals surface area contributed by atoms with Gasteiger partial charge in [0.1, 0.15) is 0 Å². The zero-order valence-corrected chi connectivity index (χ0v) is 12.0. The Morgan fingerprint density at radius 1 is 1.44 bits per heavy atom. The van der Waals surface area contributed by atoms with Gasteiger partial charge in [-0.15, -0.1) is 11.8 Å². The van der Waals surface area contributed by atoms with Gasteiger partial charge in [0.15, 0.2) is 0 Å².